The lowest BCUT2D eigenvalue weighted by Gasteiger charge is -2.38. The third kappa shape index (κ3) is 3.24. The van der Waals surface area contributed by atoms with E-state index in [1.807, 2.05) is 45.2 Å². The molecule has 1 N–H and O–H groups in total. The number of allylic oxidation sites excluding steroid dienone is 2. The first-order chi connectivity index (χ1) is 14.7. The van der Waals surface area contributed by atoms with Crippen LogP contribution in [0.15, 0.2) is 41.9 Å². The van der Waals surface area contributed by atoms with E-state index >= 15 is 0 Å². The lowest BCUT2D eigenvalue weighted by atomic mass is 9.69. The number of carbonyl (C=O) groups is 1. The van der Waals surface area contributed by atoms with Gasteiger partial charge >= 0.3 is 0 Å². The molecule has 0 saturated heterocycles. The summed E-state index contributed by atoms with van der Waals surface area (Å²) in [6.07, 6.45) is 4.93. The summed E-state index contributed by atoms with van der Waals surface area (Å²) >= 11 is 0. The number of rotatable bonds is 2. The van der Waals surface area contributed by atoms with Crippen LogP contribution in [0.5, 0.6) is 0 Å². The first-order valence-electron chi connectivity index (χ1n) is 10.6. The van der Waals surface area contributed by atoms with Gasteiger partial charge in [0, 0.05) is 53.0 Å². The standard InChI is InChI=1S/C24H26N6O/c1-13-9-14(2)27-23(26-13)30-22-19(15(3)29-30)20(16-7-6-8-25-12-16)21-17(28-22)10-24(4,5)11-18(21)31/h6-9,12,20,28H,10-11H2,1-5H3. The van der Waals surface area contributed by atoms with Crippen molar-refractivity contribution in [3.05, 3.63) is 70.1 Å². The fourth-order valence-electron chi connectivity index (χ4n) is 4.90. The lowest BCUT2D eigenvalue weighted by Crippen LogP contribution is -2.34. The zero-order valence-electron chi connectivity index (χ0n) is 18.5. The normalized spacial score (nSPS) is 19.6. The molecular formula is C24H26N6O. The van der Waals surface area contributed by atoms with E-state index < -0.39 is 0 Å². The van der Waals surface area contributed by atoms with Crippen molar-refractivity contribution in [3.63, 3.8) is 0 Å². The second-order valence-corrected chi connectivity index (χ2v) is 9.39. The first kappa shape index (κ1) is 19.6. The SMILES string of the molecule is Cc1cc(C)nc(-n2nc(C)c3c2NC2=C(C(=O)CC(C)(C)C2)C3c2cccnc2)n1. The second kappa shape index (κ2) is 6.83. The van der Waals surface area contributed by atoms with E-state index in [1.54, 1.807) is 10.9 Å². The molecule has 3 aromatic rings. The fraction of sp³-hybridized carbons (Fsp3) is 0.375. The van der Waals surface area contributed by atoms with Gasteiger partial charge in [0.25, 0.3) is 5.95 Å². The highest BCUT2D eigenvalue weighted by atomic mass is 16.1. The average Bonchev–Trinajstić information content (AvgIpc) is 3.01. The summed E-state index contributed by atoms with van der Waals surface area (Å²) in [7, 11) is 0. The molecule has 0 spiro atoms. The van der Waals surface area contributed by atoms with Crippen LogP contribution < -0.4 is 5.32 Å². The zero-order chi connectivity index (χ0) is 21.9. The van der Waals surface area contributed by atoms with Crippen LogP contribution in [0.1, 0.15) is 60.8 Å². The van der Waals surface area contributed by atoms with Crippen LogP contribution in [0.4, 0.5) is 5.82 Å². The number of nitrogens with zero attached hydrogens (tertiary/aromatic N) is 5. The minimum Gasteiger partial charge on any atom is -0.343 e. The molecule has 7 heteroatoms. The minimum atomic E-state index is -0.205. The molecule has 2 aliphatic rings. The predicted molar refractivity (Wildman–Crippen MR) is 118 cm³/mol. The summed E-state index contributed by atoms with van der Waals surface area (Å²) in [4.78, 5) is 26.9. The maximum Gasteiger partial charge on any atom is 0.252 e. The molecule has 1 aliphatic carbocycles. The van der Waals surface area contributed by atoms with Crippen molar-refractivity contribution in [1.29, 1.82) is 0 Å². The zero-order valence-corrected chi connectivity index (χ0v) is 18.5. The number of anilines is 1. The molecule has 4 heterocycles. The molecule has 158 valence electrons. The highest BCUT2D eigenvalue weighted by Gasteiger charge is 2.43. The molecule has 0 radical (unpaired) electrons. The third-order valence-corrected chi connectivity index (χ3v) is 6.05. The quantitative estimate of drug-likeness (QED) is 0.677. The van der Waals surface area contributed by atoms with Gasteiger partial charge in [-0.15, -0.1) is 0 Å². The molecule has 0 amide bonds. The summed E-state index contributed by atoms with van der Waals surface area (Å²) < 4.78 is 1.78. The Labute approximate surface area is 181 Å². The van der Waals surface area contributed by atoms with Crippen LogP contribution in [0.2, 0.25) is 0 Å². The smallest absolute Gasteiger partial charge is 0.252 e. The molecule has 1 unspecified atom stereocenters. The first-order valence-corrected chi connectivity index (χ1v) is 10.6. The van der Waals surface area contributed by atoms with Crippen LogP contribution in [0.3, 0.4) is 0 Å². The molecule has 3 aromatic heterocycles. The minimum absolute atomic E-state index is 0.101. The number of carbonyl (C=O) groups excluding carboxylic acids is 1. The number of ketones is 1. The van der Waals surface area contributed by atoms with Gasteiger partial charge in [0.2, 0.25) is 0 Å². The Morgan fingerprint density at radius 1 is 1.13 bits per heavy atom. The Balaban J connectivity index is 1.76. The van der Waals surface area contributed by atoms with Gasteiger partial charge in [-0.1, -0.05) is 19.9 Å². The van der Waals surface area contributed by atoms with Crippen LogP contribution in [-0.4, -0.2) is 30.5 Å². The van der Waals surface area contributed by atoms with E-state index in [0.717, 1.165) is 51.7 Å². The number of pyridine rings is 1. The Morgan fingerprint density at radius 3 is 2.55 bits per heavy atom. The molecule has 31 heavy (non-hydrogen) atoms. The van der Waals surface area contributed by atoms with Gasteiger partial charge in [-0.3, -0.25) is 9.78 Å². The number of nitrogens with one attached hydrogen (secondary N) is 1. The van der Waals surface area contributed by atoms with Crippen molar-refractivity contribution >= 4 is 11.6 Å². The van der Waals surface area contributed by atoms with Crippen LogP contribution in [0, 0.1) is 26.2 Å². The predicted octanol–water partition coefficient (Wildman–Crippen LogP) is 4.18. The van der Waals surface area contributed by atoms with E-state index in [-0.39, 0.29) is 17.1 Å². The monoisotopic (exact) mass is 414 g/mol. The maximum atomic E-state index is 13.3. The largest absolute Gasteiger partial charge is 0.343 e. The van der Waals surface area contributed by atoms with Gasteiger partial charge in [-0.2, -0.15) is 9.78 Å². The molecular weight excluding hydrogens is 388 g/mol. The Morgan fingerprint density at radius 2 is 1.87 bits per heavy atom. The van der Waals surface area contributed by atoms with Crippen molar-refractivity contribution in [2.24, 2.45) is 5.41 Å². The van der Waals surface area contributed by atoms with Crippen molar-refractivity contribution < 1.29 is 4.79 Å². The molecule has 0 aromatic carbocycles. The number of hydrogen-bond donors (Lipinski definition) is 1. The molecule has 7 nitrogen and oxygen atoms in total. The number of aromatic nitrogens is 5. The van der Waals surface area contributed by atoms with Crippen molar-refractivity contribution in [3.8, 4) is 5.95 Å². The number of fused-ring (bicyclic) bond motifs is 1. The van der Waals surface area contributed by atoms with Crippen LogP contribution in [-0.2, 0) is 4.79 Å². The summed E-state index contributed by atoms with van der Waals surface area (Å²) in [5.74, 6) is 1.35. The average molecular weight is 415 g/mol. The van der Waals surface area contributed by atoms with E-state index in [2.05, 4.69) is 34.1 Å². The summed E-state index contributed by atoms with van der Waals surface area (Å²) in [6, 6.07) is 5.90. The highest BCUT2D eigenvalue weighted by molar-refractivity contribution is 6.01. The second-order valence-electron chi connectivity index (χ2n) is 9.39. The van der Waals surface area contributed by atoms with E-state index in [9.17, 15) is 4.79 Å². The lowest BCUT2D eigenvalue weighted by molar-refractivity contribution is -0.118. The van der Waals surface area contributed by atoms with E-state index in [0.29, 0.717) is 12.4 Å². The highest BCUT2D eigenvalue weighted by Crippen LogP contribution is 2.50. The Kier molecular flexibility index (Phi) is 4.32. The third-order valence-electron chi connectivity index (χ3n) is 6.05. The van der Waals surface area contributed by atoms with Crippen LogP contribution in [0.25, 0.3) is 5.95 Å². The van der Waals surface area contributed by atoms with Gasteiger partial charge in [0.15, 0.2) is 5.78 Å². The van der Waals surface area contributed by atoms with E-state index in [1.165, 1.54) is 0 Å². The molecule has 1 atom stereocenters. The van der Waals surface area contributed by atoms with Crippen molar-refractivity contribution in [2.75, 3.05) is 5.32 Å². The van der Waals surface area contributed by atoms with Gasteiger partial charge in [0.1, 0.15) is 5.82 Å². The topological polar surface area (TPSA) is 85.6 Å². The summed E-state index contributed by atoms with van der Waals surface area (Å²) in [6.45, 7) is 10.2. The van der Waals surface area contributed by atoms with Crippen LogP contribution >= 0.6 is 0 Å². The van der Waals surface area contributed by atoms with Gasteiger partial charge in [0.05, 0.1) is 5.69 Å². The van der Waals surface area contributed by atoms with Gasteiger partial charge < -0.3 is 5.32 Å². The number of hydrogen-bond acceptors (Lipinski definition) is 6. The number of Topliss-reactive ketones (excluding diaryl/α,β-unsaturated/α-hetero) is 1. The van der Waals surface area contributed by atoms with Gasteiger partial charge in [-0.25, -0.2) is 9.97 Å². The summed E-state index contributed by atoms with van der Waals surface area (Å²) in [5, 5.41) is 8.38. The molecule has 0 saturated carbocycles. The summed E-state index contributed by atoms with van der Waals surface area (Å²) in [5.41, 5.74) is 6.31. The number of aryl methyl sites for hydroxylation is 3. The Hall–Kier alpha value is -3.35. The molecule has 0 bridgehead atoms. The van der Waals surface area contributed by atoms with Crippen molar-refractivity contribution in [1.82, 2.24) is 24.7 Å². The molecule has 0 fully saturated rings. The van der Waals surface area contributed by atoms with Crippen molar-refractivity contribution in [2.45, 2.75) is 53.4 Å². The molecule has 5 rings (SSSR count). The van der Waals surface area contributed by atoms with Gasteiger partial charge in [-0.05, 0) is 50.3 Å². The Bertz CT molecular complexity index is 1220. The maximum absolute atomic E-state index is 13.3. The molecule has 1 aliphatic heterocycles. The van der Waals surface area contributed by atoms with E-state index in [4.69, 9.17) is 5.10 Å². The fourth-order valence-corrected chi connectivity index (χ4v) is 4.90.